The summed E-state index contributed by atoms with van der Waals surface area (Å²) in [4.78, 5) is 22.5. The highest BCUT2D eigenvalue weighted by Gasteiger charge is 2.36. The lowest BCUT2D eigenvalue weighted by Gasteiger charge is -2.41. The summed E-state index contributed by atoms with van der Waals surface area (Å²) in [7, 11) is 0. The summed E-state index contributed by atoms with van der Waals surface area (Å²) in [5.41, 5.74) is 0.644. The van der Waals surface area contributed by atoms with E-state index >= 15 is 0 Å². The SMILES string of the molecule is CCC(CC)N1c2nc(Cl)ncc2NC(=O)[C@H]1CC. The van der Waals surface area contributed by atoms with Gasteiger partial charge in [-0.1, -0.05) is 20.8 Å². The Morgan fingerprint density at radius 3 is 2.68 bits per heavy atom. The molecule has 0 aromatic carbocycles. The van der Waals surface area contributed by atoms with Crippen molar-refractivity contribution >= 4 is 29.0 Å². The Morgan fingerprint density at radius 2 is 2.11 bits per heavy atom. The monoisotopic (exact) mass is 282 g/mol. The third kappa shape index (κ3) is 2.52. The number of rotatable bonds is 4. The molecule has 0 saturated carbocycles. The molecule has 1 aromatic rings. The number of carbonyl (C=O) groups is 1. The third-order valence-corrected chi connectivity index (χ3v) is 3.78. The van der Waals surface area contributed by atoms with Gasteiger partial charge in [-0.15, -0.1) is 0 Å². The van der Waals surface area contributed by atoms with Crippen LogP contribution in [0.1, 0.15) is 40.0 Å². The Balaban J connectivity index is 2.51. The highest BCUT2D eigenvalue weighted by atomic mass is 35.5. The molecule has 0 spiro atoms. The number of nitrogens with one attached hydrogen (secondary N) is 1. The number of hydrogen-bond acceptors (Lipinski definition) is 4. The molecule has 19 heavy (non-hydrogen) atoms. The van der Waals surface area contributed by atoms with Crippen molar-refractivity contribution in [3.8, 4) is 0 Å². The fraction of sp³-hybridized carbons (Fsp3) is 0.615. The standard InChI is InChI=1S/C13H19ClN4O/c1-4-8(5-2)18-10(6-3)12(19)16-9-7-15-13(14)17-11(9)18/h7-8,10H,4-6H2,1-3H3,(H,16,19)/t10-/m1/s1. The van der Waals surface area contributed by atoms with Crippen LogP contribution in [0.3, 0.4) is 0 Å². The molecule has 5 nitrogen and oxygen atoms in total. The van der Waals surface area contributed by atoms with Crippen LogP contribution in [0.4, 0.5) is 11.5 Å². The number of fused-ring (bicyclic) bond motifs is 1. The number of nitrogens with zero attached hydrogens (tertiary/aromatic N) is 3. The van der Waals surface area contributed by atoms with E-state index in [1.165, 1.54) is 0 Å². The van der Waals surface area contributed by atoms with Crippen LogP contribution in [0.5, 0.6) is 0 Å². The topological polar surface area (TPSA) is 58.1 Å². The van der Waals surface area contributed by atoms with E-state index in [9.17, 15) is 4.79 Å². The Labute approximate surface area is 118 Å². The zero-order valence-corrected chi connectivity index (χ0v) is 12.2. The van der Waals surface area contributed by atoms with Crippen molar-refractivity contribution in [3.05, 3.63) is 11.5 Å². The molecule has 1 N–H and O–H groups in total. The predicted octanol–water partition coefficient (Wildman–Crippen LogP) is 2.86. The van der Waals surface area contributed by atoms with E-state index in [0.717, 1.165) is 25.1 Å². The first kappa shape index (κ1) is 14.1. The summed E-state index contributed by atoms with van der Waals surface area (Å²) in [6, 6.07) is 0.0871. The highest BCUT2D eigenvalue weighted by molar-refractivity contribution is 6.28. The van der Waals surface area contributed by atoms with Gasteiger partial charge in [-0.3, -0.25) is 4.79 Å². The van der Waals surface area contributed by atoms with Crippen LogP contribution in [0.2, 0.25) is 5.28 Å². The molecule has 0 aliphatic carbocycles. The maximum Gasteiger partial charge on any atom is 0.247 e. The molecule has 0 bridgehead atoms. The van der Waals surface area contributed by atoms with E-state index in [4.69, 9.17) is 11.6 Å². The molecule has 1 aliphatic heterocycles. The largest absolute Gasteiger partial charge is 0.340 e. The number of anilines is 2. The highest BCUT2D eigenvalue weighted by Crippen LogP contribution is 2.34. The minimum atomic E-state index is -0.191. The maximum atomic E-state index is 12.2. The molecule has 0 unspecified atom stereocenters. The Morgan fingerprint density at radius 1 is 1.42 bits per heavy atom. The molecule has 0 fully saturated rings. The van der Waals surface area contributed by atoms with Crippen LogP contribution in [0.15, 0.2) is 6.20 Å². The zero-order valence-electron chi connectivity index (χ0n) is 11.5. The molecule has 0 saturated heterocycles. The van der Waals surface area contributed by atoms with Crippen LogP contribution in [0.25, 0.3) is 0 Å². The summed E-state index contributed by atoms with van der Waals surface area (Å²) in [5.74, 6) is 0.743. The van der Waals surface area contributed by atoms with Crippen molar-refractivity contribution in [2.75, 3.05) is 10.2 Å². The molecule has 1 aromatic heterocycles. The number of amides is 1. The quantitative estimate of drug-likeness (QED) is 0.863. The van der Waals surface area contributed by atoms with E-state index < -0.39 is 0 Å². The lowest BCUT2D eigenvalue weighted by Crippen LogP contribution is -2.52. The van der Waals surface area contributed by atoms with Gasteiger partial charge < -0.3 is 10.2 Å². The number of carbonyl (C=O) groups excluding carboxylic acids is 1. The summed E-state index contributed by atoms with van der Waals surface area (Å²) in [5, 5.41) is 3.07. The second kappa shape index (κ2) is 5.74. The van der Waals surface area contributed by atoms with E-state index in [0.29, 0.717) is 5.69 Å². The molecule has 0 radical (unpaired) electrons. The molecular formula is C13H19ClN4O. The van der Waals surface area contributed by atoms with Crippen LogP contribution >= 0.6 is 11.6 Å². The smallest absolute Gasteiger partial charge is 0.247 e. The van der Waals surface area contributed by atoms with Crippen LogP contribution in [0, 0.1) is 0 Å². The third-order valence-electron chi connectivity index (χ3n) is 3.60. The van der Waals surface area contributed by atoms with Gasteiger partial charge in [0.1, 0.15) is 11.7 Å². The molecule has 2 rings (SSSR count). The average Bonchev–Trinajstić information content (AvgIpc) is 2.40. The first-order chi connectivity index (χ1) is 9.12. The molecule has 1 atom stereocenters. The van der Waals surface area contributed by atoms with E-state index in [-0.39, 0.29) is 23.3 Å². The normalized spacial score (nSPS) is 18.5. The van der Waals surface area contributed by atoms with Crippen molar-refractivity contribution in [1.29, 1.82) is 0 Å². The van der Waals surface area contributed by atoms with Crippen LogP contribution in [-0.4, -0.2) is 28.0 Å². The minimum Gasteiger partial charge on any atom is -0.340 e. The van der Waals surface area contributed by atoms with Crippen LogP contribution in [-0.2, 0) is 4.79 Å². The van der Waals surface area contributed by atoms with Crippen molar-refractivity contribution in [2.45, 2.75) is 52.1 Å². The maximum absolute atomic E-state index is 12.2. The summed E-state index contributed by atoms with van der Waals surface area (Å²) in [6.07, 6.45) is 4.23. The number of hydrogen-bond donors (Lipinski definition) is 1. The van der Waals surface area contributed by atoms with E-state index in [2.05, 4.69) is 34.0 Å². The summed E-state index contributed by atoms with van der Waals surface area (Å²) < 4.78 is 0. The second-order valence-corrected chi connectivity index (χ2v) is 5.01. The number of halogens is 1. The van der Waals surface area contributed by atoms with E-state index in [1.54, 1.807) is 6.20 Å². The van der Waals surface area contributed by atoms with Gasteiger partial charge in [0.2, 0.25) is 11.2 Å². The molecule has 2 heterocycles. The van der Waals surface area contributed by atoms with Gasteiger partial charge in [-0.2, -0.15) is 4.98 Å². The Hall–Kier alpha value is -1.36. The first-order valence-corrected chi connectivity index (χ1v) is 7.11. The van der Waals surface area contributed by atoms with Gasteiger partial charge in [-0.05, 0) is 30.9 Å². The van der Waals surface area contributed by atoms with Gasteiger partial charge in [0, 0.05) is 6.04 Å². The molecule has 104 valence electrons. The fourth-order valence-electron chi connectivity index (χ4n) is 2.62. The molecule has 1 amide bonds. The number of aromatic nitrogens is 2. The minimum absolute atomic E-state index is 0.00724. The molecule has 1 aliphatic rings. The van der Waals surface area contributed by atoms with Gasteiger partial charge in [0.25, 0.3) is 0 Å². The second-order valence-electron chi connectivity index (χ2n) is 4.67. The fourth-order valence-corrected chi connectivity index (χ4v) is 2.75. The van der Waals surface area contributed by atoms with Crippen molar-refractivity contribution in [3.63, 3.8) is 0 Å². The molecule has 6 heteroatoms. The summed E-state index contributed by atoms with van der Waals surface area (Å²) >= 11 is 5.90. The first-order valence-electron chi connectivity index (χ1n) is 6.74. The Bertz CT molecular complexity index is 476. The average molecular weight is 283 g/mol. The van der Waals surface area contributed by atoms with Crippen molar-refractivity contribution in [2.24, 2.45) is 0 Å². The summed E-state index contributed by atoms with van der Waals surface area (Å²) in [6.45, 7) is 6.25. The lowest BCUT2D eigenvalue weighted by atomic mass is 10.0. The van der Waals surface area contributed by atoms with Gasteiger partial charge in [0.15, 0.2) is 5.82 Å². The lowest BCUT2D eigenvalue weighted by molar-refractivity contribution is -0.117. The Kier molecular flexibility index (Phi) is 4.24. The van der Waals surface area contributed by atoms with Gasteiger partial charge in [-0.25, -0.2) is 4.98 Å². The predicted molar refractivity (Wildman–Crippen MR) is 76.6 cm³/mol. The zero-order chi connectivity index (χ0) is 14.0. The van der Waals surface area contributed by atoms with Crippen molar-refractivity contribution < 1.29 is 4.79 Å². The van der Waals surface area contributed by atoms with Crippen LogP contribution < -0.4 is 10.2 Å². The van der Waals surface area contributed by atoms with Gasteiger partial charge >= 0.3 is 0 Å². The van der Waals surface area contributed by atoms with Crippen molar-refractivity contribution in [1.82, 2.24) is 9.97 Å². The molecular weight excluding hydrogens is 264 g/mol. The van der Waals surface area contributed by atoms with Gasteiger partial charge in [0.05, 0.1) is 6.20 Å². The van der Waals surface area contributed by atoms with E-state index in [1.807, 2.05) is 6.92 Å².